The van der Waals surface area contributed by atoms with Crippen molar-refractivity contribution in [3.8, 4) is 11.5 Å². The van der Waals surface area contributed by atoms with Crippen LogP contribution in [0, 0.1) is 5.92 Å². The van der Waals surface area contributed by atoms with Gasteiger partial charge in [-0.3, -0.25) is 4.79 Å². The van der Waals surface area contributed by atoms with Gasteiger partial charge in [-0.05, 0) is 31.0 Å². The van der Waals surface area contributed by atoms with E-state index in [0.29, 0.717) is 18.0 Å². The summed E-state index contributed by atoms with van der Waals surface area (Å²) in [6, 6.07) is 5.80. The van der Waals surface area contributed by atoms with Crippen LogP contribution in [0.1, 0.15) is 19.4 Å². The second-order valence-corrected chi connectivity index (χ2v) is 4.94. The van der Waals surface area contributed by atoms with E-state index >= 15 is 0 Å². The van der Waals surface area contributed by atoms with E-state index in [-0.39, 0.29) is 30.3 Å². The lowest BCUT2D eigenvalue weighted by molar-refractivity contribution is -0.124. The van der Waals surface area contributed by atoms with Gasteiger partial charge in [0, 0.05) is 18.5 Å². The van der Waals surface area contributed by atoms with E-state index < -0.39 is 0 Å². The van der Waals surface area contributed by atoms with Gasteiger partial charge in [-0.15, -0.1) is 12.4 Å². The molecule has 0 fully saturated rings. The zero-order valence-electron chi connectivity index (χ0n) is 13.0. The van der Waals surface area contributed by atoms with Crippen LogP contribution >= 0.6 is 12.4 Å². The van der Waals surface area contributed by atoms with Crippen molar-refractivity contribution in [2.75, 3.05) is 20.8 Å². The first-order valence-corrected chi connectivity index (χ1v) is 6.73. The Labute approximate surface area is 132 Å². The standard InChI is InChI=1S/C15H24N2O3.ClH/c1-10(9-16)15(18)17-11(2)7-12-5-6-13(19-3)14(8-12)20-4;/h5-6,8,10-11H,7,9,16H2,1-4H3,(H,17,18);1H. The van der Waals surface area contributed by atoms with E-state index in [9.17, 15) is 4.79 Å². The Balaban J connectivity index is 0.00000400. The Morgan fingerprint density at radius 3 is 2.38 bits per heavy atom. The van der Waals surface area contributed by atoms with Gasteiger partial charge in [0.25, 0.3) is 0 Å². The maximum Gasteiger partial charge on any atom is 0.224 e. The average Bonchev–Trinajstić information content (AvgIpc) is 2.45. The first-order valence-electron chi connectivity index (χ1n) is 6.73. The van der Waals surface area contributed by atoms with Crippen molar-refractivity contribution < 1.29 is 14.3 Å². The number of nitrogens with two attached hydrogens (primary N) is 1. The number of hydrogen-bond donors (Lipinski definition) is 2. The molecule has 0 heterocycles. The summed E-state index contributed by atoms with van der Waals surface area (Å²) >= 11 is 0. The molecule has 0 aromatic heterocycles. The van der Waals surface area contributed by atoms with Crippen molar-refractivity contribution in [1.82, 2.24) is 5.32 Å². The highest BCUT2D eigenvalue weighted by molar-refractivity contribution is 5.85. The molecule has 3 N–H and O–H groups in total. The van der Waals surface area contributed by atoms with Crippen LogP contribution in [0.25, 0.3) is 0 Å². The number of carbonyl (C=O) groups excluding carboxylic acids is 1. The summed E-state index contributed by atoms with van der Waals surface area (Å²) in [5.41, 5.74) is 6.56. The lowest BCUT2D eigenvalue weighted by atomic mass is 10.1. The number of halogens is 1. The zero-order chi connectivity index (χ0) is 15.1. The predicted octanol–water partition coefficient (Wildman–Crippen LogP) is 1.77. The van der Waals surface area contributed by atoms with E-state index in [1.54, 1.807) is 14.2 Å². The molecule has 0 aliphatic rings. The van der Waals surface area contributed by atoms with Gasteiger partial charge < -0.3 is 20.5 Å². The van der Waals surface area contributed by atoms with Gasteiger partial charge in [-0.25, -0.2) is 0 Å². The molecule has 2 atom stereocenters. The molecule has 0 aliphatic heterocycles. The molecule has 0 spiro atoms. The molecule has 0 bridgehead atoms. The number of benzene rings is 1. The van der Waals surface area contributed by atoms with Gasteiger partial charge in [-0.2, -0.15) is 0 Å². The fourth-order valence-corrected chi connectivity index (χ4v) is 1.90. The number of hydrogen-bond acceptors (Lipinski definition) is 4. The second kappa shape index (κ2) is 9.47. The van der Waals surface area contributed by atoms with Gasteiger partial charge in [0.15, 0.2) is 11.5 Å². The summed E-state index contributed by atoms with van der Waals surface area (Å²) in [4.78, 5) is 11.8. The number of ether oxygens (including phenoxy) is 2. The van der Waals surface area contributed by atoms with Crippen LogP contribution in [-0.4, -0.2) is 32.7 Å². The number of methoxy groups -OCH3 is 2. The lowest BCUT2D eigenvalue weighted by Gasteiger charge is -2.17. The maximum atomic E-state index is 11.8. The van der Waals surface area contributed by atoms with Crippen LogP contribution < -0.4 is 20.5 Å². The summed E-state index contributed by atoms with van der Waals surface area (Å²) in [5.74, 6) is 1.21. The maximum absolute atomic E-state index is 11.8. The minimum absolute atomic E-state index is 0. The molecule has 120 valence electrons. The quantitative estimate of drug-likeness (QED) is 0.804. The molecular weight excluding hydrogens is 292 g/mol. The lowest BCUT2D eigenvalue weighted by Crippen LogP contribution is -2.39. The van der Waals surface area contributed by atoms with Crippen molar-refractivity contribution in [3.63, 3.8) is 0 Å². The fraction of sp³-hybridized carbons (Fsp3) is 0.533. The summed E-state index contributed by atoms with van der Waals surface area (Å²) in [6.07, 6.45) is 0.726. The van der Waals surface area contributed by atoms with Crippen LogP contribution in [0.15, 0.2) is 18.2 Å². The van der Waals surface area contributed by atoms with Crippen LogP contribution in [0.3, 0.4) is 0 Å². The Bertz CT molecular complexity index is 455. The third kappa shape index (κ3) is 5.81. The first kappa shape index (κ1) is 19.5. The number of nitrogens with one attached hydrogen (secondary N) is 1. The van der Waals surface area contributed by atoms with Gasteiger partial charge >= 0.3 is 0 Å². The Kier molecular flexibility index (Phi) is 8.81. The third-order valence-electron chi connectivity index (χ3n) is 3.18. The monoisotopic (exact) mass is 316 g/mol. The number of rotatable bonds is 7. The molecule has 0 saturated carbocycles. The molecule has 21 heavy (non-hydrogen) atoms. The third-order valence-corrected chi connectivity index (χ3v) is 3.18. The molecular formula is C15H25ClN2O3. The SMILES string of the molecule is COc1ccc(CC(C)NC(=O)C(C)CN)cc1OC.Cl. The molecule has 5 nitrogen and oxygen atoms in total. The minimum atomic E-state index is -0.164. The smallest absolute Gasteiger partial charge is 0.224 e. The largest absolute Gasteiger partial charge is 0.493 e. The zero-order valence-corrected chi connectivity index (χ0v) is 13.8. The van der Waals surface area contributed by atoms with E-state index in [4.69, 9.17) is 15.2 Å². The average molecular weight is 317 g/mol. The molecule has 1 rings (SSSR count). The second-order valence-electron chi connectivity index (χ2n) is 4.94. The molecule has 1 aromatic rings. The Morgan fingerprint density at radius 1 is 1.24 bits per heavy atom. The molecule has 6 heteroatoms. The summed E-state index contributed by atoms with van der Waals surface area (Å²) in [6.45, 7) is 4.14. The molecule has 2 unspecified atom stereocenters. The van der Waals surface area contributed by atoms with Gasteiger partial charge in [-0.1, -0.05) is 13.0 Å². The van der Waals surface area contributed by atoms with Crippen LogP contribution in [0.2, 0.25) is 0 Å². The van der Waals surface area contributed by atoms with Crippen LogP contribution in [0.5, 0.6) is 11.5 Å². The summed E-state index contributed by atoms with van der Waals surface area (Å²) < 4.78 is 10.5. The normalized spacial score (nSPS) is 12.8. The Morgan fingerprint density at radius 2 is 1.86 bits per heavy atom. The van der Waals surface area contributed by atoms with Gasteiger partial charge in [0.1, 0.15) is 0 Å². The highest BCUT2D eigenvalue weighted by atomic mass is 35.5. The predicted molar refractivity (Wildman–Crippen MR) is 86.3 cm³/mol. The highest BCUT2D eigenvalue weighted by Crippen LogP contribution is 2.27. The van der Waals surface area contributed by atoms with Crippen molar-refractivity contribution in [2.45, 2.75) is 26.3 Å². The van der Waals surface area contributed by atoms with Gasteiger partial charge in [0.2, 0.25) is 5.91 Å². The topological polar surface area (TPSA) is 73.6 Å². The van der Waals surface area contributed by atoms with Crippen LogP contribution in [-0.2, 0) is 11.2 Å². The summed E-state index contributed by atoms with van der Waals surface area (Å²) in [5, 5.41) is 2.95. The van der Waals surface area contributed by atoms with E-state index in [1.165, 1.54) is 0 Å². The molecule has 0 radical (unpaired) electrons. The van der Waals surface area contributed by atoms with Crippen molar-refractivity contribution in [1.29, 1.82) is 0 Å². The van der Waals surface area contributed by atoms with Crippen molar-refractivity contribution in [3.05, 3.63) is 23.8 Å². The first-order chi connectivity index (χ1) is 9.51. The Hall–Kier alpha value is -1.46. The molecule has 1 aromatic carbocycles. The summed E-state index contributed by atoms with van der Waals surface area (Å²) in [7, 11) is 3.21. The van der Waals surface area contributed by atoms with E-state index in [1.807, 2.05) is 32.0 Å². The van der Waals surface area contributed by atoms with Crippen molar-refractivity contribution >= 4 is 18.3 Å². The van der Waals surface area contributed by atoms with Gasteiger partial charge in [0.05, 0.1) is 14.2 Å². The molecule has 0 saturated heterocycles. The number of carbonyl (C=O) groups is 1. The van der Waals surface area contributed by atoms with E-state index in [0.717, 1.165) is 12.0 Å². The highest BCUT2D eigenvalue weighted by Gasteiger charge is 2.14. The fourth-order valence-electron chi connectivity index (χ4n) is 1.90. The number of amides is 1. The van der Waals surface area contributed by atoms with Crippen LogP contribution in [0.4, 0.5) is 0 Å². The molecule has 1 amide bonds. The minimum Gasteiger partial charge on any atom is -0.493 e. The van der Waals surface area contributed by atoms with E-state index in [2.05, 4.69) is 5.32 Å². The molecule has 0 aliphatic carbocycles. The van der Waals surface area contributed by atoms with Crippen molar-refractivity contribution in [2.24, 2.45) is 11.7 Å².